The summed E-state index contributed by atoms with van der Waals surface area (Å²) >= 11 is 0. The van der Waals surface area contributed by atoms with Crippen LogP contribution in [-0.2, 0) is 13.8 Å². The molecule has 2 atom stereocenters. The van der Waals surface area contributed by atoms with Crippen LogP contribution < -0.4 is 9.05 Å². The summed E-state index contributed by atoms with van der Waals surface area (Å²) in [6.07, 6.45) is 4.68. The minimum Gasteiger partial charge on any atom is -0.443 e. The average molecular weight is 500 g/mol. The molecule has 7 nitrogen and oxygen atoms in total. The van der Waals surface area contributed by atoms with Gasteiger partial charge in [-0.05, 0) is 70.4 Å². The van der Waals surface area contributed by atoms with E-state index in [1.165, 1.54) is 4.90 Å². The summed E-state index contributed by atoms with van der Waals surface area (Å²) in [6, 6.07) is 16.8. The van der Waals surface area contributed by atoms with Gasteiger partial charge in [-0.2, -0.15) is 4.57 Å². The number of rotatable bonds is 9. The van der Waals surface area contributed by atoms with Gasteiger partial charge in [-0.25, -0.2) is 9.69 Å². The number of carbonyl (C=O) groups is 1. The predicted octanol–water partition coefficient (Wildman–Crippen LogP) is 7.72. The first-order valence-corrected chi connectivity index (χ1v) is 13.2. The summed E-state index contributed by atoms with van der Waals surface area (Å²) < 4.78 is 36.7. The molecule has 0 heterocycles. The Kier molecular flexibility index (Phi) is 8.68. The Morgan fingerprint density at radius 2 is 1.49 bits per heavy atom. The molecule has 0 radical (unpaired) electrons. The Balaban J connectivity index is 1.93. The number of para-hydroxylation sites is 2. The standard InChI is InChI=1S/C27H34NO6P/c1-6-22-15-13-14-20-25(22)28(26(29)31-27(3,4)5)21(2)32-35(30,33-23-16-9-7-10-17-23)34-24-18-11-8-12-19-24/h6-12,16-19,22,25H,1-2,13-15,20H2,3-5H3/t22-,25+/m0/s1. The summed E-state index contributed by atoms with van der Waals surface area (Å²) in [5.41, 5.74) is -0.751. The first-order chi connectivity index (χ1) is 16.6. The molecule has 0 spiro atoms. The van der Waals surface area contributed by atoms with Gasteiger partial charge in [0.2, 0.25) is 5.88 Å². The van der Waals surface area contributed by atoms with E-state index in [0.717, 1.165) is 19.3 Å². The zero-order chi connectivity index (χ0) is 25.5. The third-order valence-electron chi connectivity index (χ3n) is 5.41. The maximum absolute atomic E-state index is 13.9. The van der Waals surface area contributed by atoms with Crippen LogP contribution in [0.4, 0.5) is 4.79 Å². The van der Waals surface area contributed by atoms with Gasteiger partial charge in [0.15, 0.2) is 0 Å². The third kappa shape index (κ3) is 7.66. The molecule has 8 heteroatoms. The first-order valence-electron chi connectivity index (χ1n) is 11.7. The van der Waals surface area contributed by atoms with Gasteiger partial charge in [-0.15, -0.1) is 6.58 Å². The predicted molar refractivity (Wildman–Crippen MR) is 136 cm³/mol. The lowest BCUT2D eigenvalue weighted by molar-refractivity contribution is 0.00541. The monoisotopic (exact) mass is 499 g/mol. The molecule has 3 rings (SSSR count). The van der Waals surface area contributed by atoms with Gasteiger partial charge >= 0.3 is 13.9 Å². The smallest absolute Gasteiger partial charge is 0.443 e. The van der Waals surface area contributed by atoms with E-state index in [-0.39, 0.29) is 29.3 Å². The number of carbonyl (C=O) groups excluding carboxylic acids is 1. The molecule has 0 N–H and O–H groups in total. The van der Waals surface area contributed by atoms with Crippen LogP contribution in [0, 0.1) is 5.92 Å². The van der Waals surface area contributed by atoms with Crippen molar-refractivity contribution < 1.29 is 27.7 Å². The molecule has 0 saturated heterocycles. The van der Waals surface area contributed by atoms with Gasteiger partial charge in [-0.1, -0.05) is 55.3 Å². The topological polar surface area (TPSA) is 74.3 Å². The number of phosphoric ester groups is 1. The Hall–Kier alpha value is -3.18. The van der Waals surface area contributed by atoms with E-state index in [0.29, 0.717) is 6.42 Å². The number of ether oxygens (including phenoxy) is 1. The maximum Gasteiger partial charge on any atom is 0.648 e. The van der Waals surface area contributed by atoms with E-state index in [9.17, 15) is 9.36 Å². The van der Waals surface area contributed by atoms with Crippen molar-refractivity contribution in [2.45, 2.75) is 58.1 Å². The molecule has 1 saturated carbocycles. The number of amides is 1. The number of phosphoric acid groups is 1. The summed E-state index contributed by atoms with van der Waals surface area (Å²) in [6.45, 7) is 13.2. The molecule has 1 aliphatic carbocycles. The molecular formula is C27H34NO6P. The summed E-state index contributed by atoms with van der Waals surface area (Å²) in [5, 5.41) is 0. The number of benzene rings is 2. The van der Waals surface area contributed by atoms with Gasteiger partial charge in [0.25, 0.3) is 0 Å². The van der Waals surface area contributed by atoms with Crippen molar-refractivity contribution in [1.29, 1.82) is 0 Å². The van der Waals surface area contributed by atoms with Gasteiger partial charge in [0, 0.05) is 6.04 Å². The van der Waals surface area contributed by atoms with Crippen molar-refractivity contribution in [2.24, 2.45) is 5.92 Å². The molecule has 0 bridgehead atoms. The lowest BCUT2D eigenvalue weighted by Gasteiger charge is -2.39. The van der Waals surface area contributed by atoms with Crippen LogP contribution in [0.25, 0.3) is 0 Å². The van der Waals surface area contributed by atoms with E-state index >= 15 is 0 Å². The second kappa shape index (κ2) is 11.5. The van der Waals surface area contributed by atoms with Gasteiger partial charge < -0.3 is 18.3 Å². The number of hydrogen-bond donors (Lipinski definition) is 0. The van der Waals surface area contributed by atoms with E-state index < -0.39 is 19.5 Å². The molecule has 2 aromatic rings. The Morgan fingerprint density at radius 3 is 1.97 bits per heavy atom. The van der Waals surface area contributed by atoms with Crippen LogP contribution in [-0.4, -0.2) is 22.6 Å². The fraction of sp³-hybridized carbons (Fsp3) is 0.370. The molecule has 1 amide bonds. The van der Waals surface area contributed by atoms with Gasteiger partial charge in [-0.3, -0.25) is 0 Å². The summed E-state index contributed by atoms with van der Waals surface area (Å²) in [7, 11) is -4.32. The molecular weight excluding hydrogens is 465 g/mol. The van der Waals surface area contributed by atoms with Crippen molar-refractivity contribution in [2.75, 3.05) is 0 Å². The van der Waals surface area contributed by atoms with E-state index in [4.69, 9.17) is 18.3 Å². The highest BCUT2D eigenvalue weighted by Crippen LogP contribution is 2.52. The molecule has 2 aromatic carbocycles. The van der Waals surface area contributed by atoms with E-state index in [2.05, 4.69) is 13.2 Å². The zero-order valence-electron chi connectivity index (χ0n) is 20.6. The third-order valence-corrected chi connectivity index (χ3v) is 6.72. The van der Waals surface area contributed by atoms with E-state index in [1.807, 2.05) is 6.08 Å². The highest BCUT2D eigenvalue weighted by Gasteiger charge is 2.41. The quantitative estimate of drug-likeness (QED) is 0.200. The zero-order valence-corrected chi connectivity index (χ0v) is 21.5. The van der Waals surface area contributed by atoms with Crippen molar-refractivity contribution >= 4 is 13.9 Å². The van der Waals surface area contributed by atoms with Crippen LogP contribution in [0.2, 0.25) is 0 Å². The SMILES string of the molecule is C=C[C@H]1CCCC[C@H]1N(C(=C)OP(=O)(Oc1ccccc1)Oc1ccccc1)C(=O)OC(C)(C)C. The average Bonchev–Trinajstić information content (AvgIpc) is 2.79. The highest BCUT2D eigenvalue weighted by molar-refractivity contribution is 7.49. The first kappa shape index (κ1) is 26.4. The second-order valence-corrected chi connectivity index (χ2v) is 10.8. The maximum atomic E-state index is 13.9. The molecule has 0 aromatic heterocycles. The largest absolute Gasteiger partial charge is 0.648 e. The van der Waals surface area contributed by atoms with Crippen LogP contribution in [0.1, 0.15) is 46.5 Å². The minimum atomic E-state index is -4.32. The summed E-state index contributed by atoms with van der Waals surface area (Å²) in [5.74, 6) is 0.393. The molecule has 1 fully saturated rings. The lowest BCUT2D eigenvalue weighted by Crippen LogP contribution is -2.47. The molecule has 1 aliphatic rings. The van der Waals surface area contributed by atoms with Crippen LogP contribution in [0.3, 0.4) is 0 Å². The molecule has 35 heavy (non-hydrogen) atoms. The Morgan fingerprint density at radius 1 is 0.971 bits per heavy atom. The molecule has 0 aliphatic heterocycles. The van der Waals surface area contributed by atoms with Crippen molar-refractivity contribution in [3.05, 3.63) is 85.8 Å². The van der Waals surface area contributed by atoms with Crippen molar-refractivity contribution in [3.8, 4) is 11.5 Å². The molecule has 0 unspecified atom stereocenters. The van der Waals surface area contributed by atoms with Gasteiger partial charge in [0.05, 0.1) is 0 Å². The minimum absolute atomic E-state index is 0.00101. The van der Waals surface area contributed by atoms with Crippen molar-refractivity contribution in [1.82, 2.24) is 4.90 Å². The summed E-state index contributed by atoms with van der Waals surface area (Å²) in [4.78, 5) is 14.6. The number of hydrogen-bond acceptors (Lipinski definition) is 6. The highest BCUT2D eigenvalue weighted by atomic mass is 31.2. The number of nitrogens with zero attached hydrogens (tertiary/aromatic N) is 1. The Labute approximate surface area is 208 Å². The van der Waals surface area contributed by atoms with Crippen LogP contribution >= 0.6 is 7.82 Å². The lowest BCUT2D eigenvalue weighted by atomic mass is 9.84. The van der Waals surface area contributed by atoms with E-state index in [1.54, 1.807) is 81.4 Å². The fourth-order valence-electron chi connectivity index (χ4n) is 3.92. The van der Waals surface area contributed by atoms with Crippen LogP contribution in [0.5, 0.6) is 11.5 Å². The normalized spacial score (nSPS) is 18.1. The van der Waals surface area contributed by atoms with Gasteiger partial charge in [0.1, 0.15) is 17.1 Å². The van der Waals surface area contributed by atoms with Crippen LogP contribution in [0.15, 0.2) is 85.8 Å². The molecule has 188 valence electrons. The Bertz CT molecular complexity index is 1000. The second-order valence-electron chi connectivity index (χ2n) is 9.34. The van der Waals surface area contributed by atoms with Crippen molar-refractivity contribution in [3.63, 3.8) is 0 Å². The fourth-order valence-corrected chi connectivity index (χ4v) is 5.14.